The summed E-state index contributed by atoms with van der Waals surface area (Å²) in [7, 11) is 0. The van der Waals surface area contributed by atoms with E-state index >= 15 is 0 Å². The van der Waals surface area contributed by atoms with E-state index in [0.717, 1.165) is 17.0 Å². The standard InChI is InChI=1S/C21H26N2O4S2/c1-6-26-19(24)16-13(5)17(20(25)27-7-2)29-18(16)23-21(28)22-15-10-8-14(9-11-15)12(3)4/h8-12H,6-7H2,1-5H3,(H2,22,23,28). The van der Waals surface area contributed by atoms with Crippen LogP contribution in [0.1, 0.15) is 64.8 Å². The number of thiocarbonyl (C=S) groups is 1. The first-order valence-corrected chi connectivity index (χ1v) is 10.7. The second-order valence-electron chi connectivity index (χ2n) is 6.56. The zero-order valence-corrected chi connectivity index (χ0v) is 18.9. The van der Waals surface area contributed by atoms with Crippen molar-refractivity contribution in [2.45, 2.75) is 40.5 Å². The number of rotatable bonds is 7. The van der Waals surface area contributed by atoms with Crippen molar-refractivity contribution in [2.24, 2.45) is 0 Å². The number of carbonyl (C=O) groups is 2. The summed E-state index contributed by atoms with van der Waals surface area (Å²) in [6, 6.07) is 7.96. The third-order valence-electron chi connectivity index (χ3n) is 4.15. The molecule has 0 atom stereocenters. The molecule has 0 spiro atoms. The first-order chi connectivity index (χ1) is 13.8. The third kappa shape index (κ3) is 5.77. The molecular weight excluding hydrogens is 408 g/mol. The minimum absolute atomic E-state index is 0.229. The van der Waals surface area contributed by atoms with Gasteiger partial charge in [-0.05, 0) is 62.2 Å². The maximum atomic E-state index is 12.4. The second-order valence-corrected chi connectivity index (χ2v) is 7.99. The zero-order chi connectivity index (χ0) is 21.6. The van der Waals surface area contributed by atoms with Crippen LogP contribution in [0.3, 0.4) is 0 Å². The van der Waals surface area contributed by atoms with Gasteiger partial charge in [0.2, 0.25) is 0 Å². The van der Waals surface area contributed by atoms with Gasteiger partial charge in [0.15, 0.2) is 5.11 Å². The molecule has 0 aliphatic rings. The molecule has 0 saturated carbocycles. The lowest BCUT2D eigenvalue weighted by Gasteiger charge is -2.12. The second kappa shape index (κ2) is 10.4. The largest absolute Gasteiger partial charge is 0.462 e. The molecule has 8 heteroatoms. The van der Waals surface area contributed by atoms with Gasteiger partial charge in [0, 0.05) is 5.69 Å². The lowest BCUT2D eigenvalue weighted by Crippen LogP contribution is -2.20. The van der Waals surface area contributed by atoms with E-state index in [-0.39, 0.29) is 13.2 Å². The predicted octanol–water partition coefficient (Wildman–Crippen LogP) is 5.34. The van der Waals surface area contributed by atoms with E-state index in [2.05, 4.69) is 24.5 Å². The Morgan fingerprint density at radius 2 is 1.62 bits per heavy atom. The number of anilines is 2. The summed E-state index contributed by atoms with van der Waals surface area (Å²) in [6.45, 7) is 9.90. The first-order valence-electron chi connectivity index (χ1n) is 9.44. The van der Waals surface area contributed by atoms with Crippen LogP contribution in [0.2, 0.25) is 0 Å². The van der Waals surface area contributed by atoms with Gasteiger partial charge in [-0.15, -0.1) is 11.3 Å². The highest BCUT2D eigenvalue weighted by Gasteiger charge is 2.26. The minimum atomic E-state index is -0.511. The lowest BCUT2D eigenvalue weighted by molar-refractivity contribution is 0.0527. The summed E-state index contributed by atoms with van der Waals surface area (Å²) in [5.74, 6) is -0.545. The molecule has 1 aromatic heterocycles. The topological polar surface area (TPSA) is 76.7 Å². The van der Waals surface area contributed by atoms with E-state index in [9.17, 15) is 9.59 Å². The van der Waals surface area contributed by atoms with Crippen LogP contribution in [0, 0.1) is 6.92 Å². The van der Waals surface area contributed by atoms with E-state index in [4.69, 9.17) is 21.7 Å². The van der Waals surface area contributed by atoms with Crippen molar-refractivity contribution in [1.82, 2.24) is 0 Å². The highest BCUT2D eigenvalue weighted by molar-refractivity contribution is 7.80. The predicted molar refractivity (Wildman–Crippen MR) is 121 cm³/mol. The van der Waals surface area contributed by atoms with Crippen LogP contribution < -0.4 is 10.6 Å². The number of thiophene rings is 1. The van der Waals surface area contributed by atoms with Gasteiger partial charge in [-0.2, -0.15) is 0 Å². The van der Waals surface area contributed by atoms with Crippen LogP contribution in [-0.2, 0) is 9.47 Å². The fourth-order valence-corrected chi connectivity index (χ4v) is 4.04. The summed E-state index contributed by atoms with van der Waals surface area (Å²) in [6.07, 6.45) is 0. The van der Waals surface area contributed by atoms with Crippen molar-refractivity contribution in [2.75, 3.05) is 23.8 Å². The van der Waals surface area contributed by atoms with Gasteiger partial charge >= 0.3 is 11.9 Å². The molecule has 0 amide bonds. The van der Waals surface area contributed by atoms with E-state index in [1.807, 2.05) is 24.3 Å². The maximum Gasteiger partial charge on any atom is 0.348 e. The Bertz CT molecular complexity index is 889. The van der Waals surface area contributed by atoms with E-state index in [0.29, 0.717) is 32.0 Å². The molecule has 0 radical (unpaired) electrons. The van der Waals surface area contributed by atoms with Crippen molar-refractivity contribution >= 4 is 51.3 Å². The number of hydrogen-bond donors (Lipinski definition) is 2. The molecule has 2 N–H and O–H groups in total. The van der Waals surface area contributed by atoms with Crippen molar-refractivity contribution < 1.29 is 19.1 Å². The number of nitrogens with one attached hydrogen (secondary N) is 2. The molecule has 0 bridgehead atoms. The van der Waals surface area contributed by atoms with E-state index < -0.39 is 11.9 Å². The van der Waals surface area contributed by atoms with Crippen LogP contribution in [-0.4, -0.2) is 30.3 Å². The molecule has 0 saturated heterocycles. The Kier molecular flexibility index (Phi) is 8.16. The Labute approximate surface area is 180 Å². The number of benzene rings is 1. The smallest absolute Gasteiger partial charge is 0.348 e. The first kappa shape index (κ1) is 22.8. The number of carbonyl (C=O) groups excluding carboxylic acids is 2. The molecule has 0 fully saturated rings. The van der Waals surface area contributed by atoms with Crippen LogP contribution in [0.25, 0.3) is 0 Å². The molecular formula is C21H26N2O4S2. The summed E-state index contributed by atoms with van der Waals surface area (Å²) in [5, 5.41) is 6.88. The van der Waals surface area contributed by atoms with E-state index in [1.54, 1.807) is 20.8 Å². The van der Waals surface area contributed by atoms with Gasteiger partial charge in [-0.1, -0.05) is 26.0 Å². The van der Waals surface area contributed by atoms with Crippen molar-refractivity contribution in [3.63, 3.8) is 0 Å². The number of esters is 2. The molecule has 156 valence electrons. The molecule has 1 heterocycles. The van der Waals surface area contributed by atoms with Gasteiger partial charge in [0.05, 0.1) is 18.8 Å². The fourth-order valence-electron chi connectivity index (χ4n) is 2.66. The quantitative estimate of drug-likeness (QED) is 0.450. The summed E-state index contributed by atoms with van der Waals surface area (Å²) in [5.41, 5.74) is 2.85. The molecule has 6 nitrogen and oxygen atoms in total. The molecule has 1 aromatic carbocycles. The zero-order valence-electron chi connectivity index (χ0n) is 17.3. The van der Waals surface area contributed by atoms with Crippen LogP contribution >= 0.6 is 23.6 Å². The monoisotopic (exact) mass is 434 g/mol. The highest BCUT2D eigenvalue weighted by Crippen LogP contribution is 2.34. The van der Waals surface area contributed by atoms with Gasteiger partial charge in [-0.3, -0.25) is 0 Å². The highest BCUT2D eigenvalue weighted by atomic mass is 32.1. The summed E-state index contributed by atoms with van der Waals surface area (Å²) in [4.78, 5) is 25.0. The third-order valence-corrected chi connectivity index (χ3v) is 5.54. The average Bonchev–Trinajstić information content (AvgIpc) is 2.98. The van der Waals surface area contributed by atoms with Crippen molar-refractivity contribution in [3.8, 4) is 0 Å². The minimum Gasteiger partial charge on any atom is -0.462 e. The fraction of sp³-hybridized carbons (Fsp3) is 0.381. The van der Waals surface area contributed by atoms with E-state index in [1.165, 1.54) is 5.56 Å². The van der Waals surface area contributed by atoms with Crippen LogP contribution in [0.4, 0.5) is 10.7 Å². The van der Waals surface area contributed by atoms with Crippen LogP contribution in [0.5, 0.6) is 0 Å². The lowest BCUT2D eigenvalue weighted by atomic mass is 10.0. The van der Waals surface area contributed by atoms with Crippen molar-refractivity contribution in [3.05, 3.63) is 45.8 Å². The summed E-state index contributed by atoms with van der Waals surface area (Å²) < 4.78 is 10.2. The van der Waals surface area contributed by atoms with Gasteiger partial charge in [0.25, 0.3) is 0 Å². The molecule has 2 aromatic rings. The average molecular weight is 435 g/mol. The van der Waals surface area contributed by atoms with Crippen molar-refractivity contribution in [1.29, 1.82) is 0 Å². The van der Waals surface area contributed by atoms with Crippen LogP contribution in [0.15, 0.2) is 24.3 Å². The van der Waals surface area contributed by atoms with Gasteiger partial charge in [-0.25, -0.2) is 9.59 Å². The molecule has 29 heavy (non-hydrogen) atoms. The normalized spacial score (nSPS) is 10.6. The number of hydrogen-bond acceptors (Lipinski definition) is 6. The SMILES string of the molecule is CCOC(=O)c1sc(NC(=S)Nc2ccc(C(C)C)cc2)c(C(=O)OCC)c1C. The molecule has 0 aliphatic heterocycles. The molecule has 0 unspecified atom stereocenters. The molecule has 2 rings (SSSR count). The molecule has 0 aliphatic carbocycles. The van der Waals surface area contributed by atoms with Gasteiger partial charge < -0.3 is 20.1 Å². The Balaban J connectivity index is 2.25. The van der Waals surface area contributed by atoms with Gasteiger partial charge in [0.1, 0.15) is 9.88 Å². The summed E-state index contributed by atoms with van der Waals surface area (Å²) >= 11 is 6.52. The number of ether oxygens (including phenoxy) is 2. The maximum absolute atomic E-state index is 12.4. The Morgan fingerprint density at radius 1 is 1.03 bits per heavy atom. The Morgan fingerprint density at radius 3 is 2.17 bits per heavy atom. The Hall–Kier alpha value is -2.45.